The second-order valence-electron chi connectivity index (χ2n) is 7.30. The molecule has 0 amide bonds. The van der Waals surface area contributed by atoms with Crippen molar-refractivity contribution in [3.8, 4) is 0 Å². The largest absolute Gasteiger partial charge is 0.469 e. The summed E-state index contributed by atoms with van der Waals surface area (Å²) in [6.07, 6.45) is -1.42. The molecule has 1 aliphatic heterocycles. The highest BCUT2D eigenvalue weighted by Crippen LogP contribution is 2.30. The predicted octanol–water partition coefficient (Wildman–Crippen LogP) is 1.96. The van der Waals surface area contributed by atoms with Crippen LogP contribution in [0.5, 0.6) is 0 Å². The number of methoxy groups -OCH3 is 1. The molecular formula is C20H31N3O10. The first-order valence-corrected chi connectivity index (χ1v) is 10.6. The Morgan fingerprint density at radius 3 is 2.15 bits per heavy atom. The molecule has 1 fully saturated rings. The molecule has 0 bridgehead atoms. The number of rotatable bonds is 13. The average molecular weight is 473 g/mol. The quantitative estimate of drug-likeness (QED) is 0.0960. The van der Waals surface area contributed by atoms with E-state index in [1.165, 1.54) is 14.0 Å². The number of carbonyl (C=O) groups excluding carboxylic acids is 4. The van der Waals surface area contributed by atoms with Crippen LogP contribution in [0.2, 0.25) is 0 Å². The molecule has 5 atom stereocenters. The standard InChI is InChI=1S/C20H31N3O10/c1-12(24)30-11-15-18(31-13(2)25)19(32-14(3)26)17(22-23-21)20(33-15)29-10-8-6-5-7-9-16(27)28-4/h15,17-20H,5-11H2,1-4H3/t15-,17+,18-,19-,20+/m1/s1. The summed E-state index contributed by atoms with van der Waals surface area (Å²) < 4.78 is 31.7. The summed E-state index contributed by atoms with van der Waals surface area (Å²) in [6.45, 7) is 3.41. The Bertz CT molecular complexity index is 725. The van der Waals surface area contributed by atoms with Crippen LogP contribution >= 0.6 is 0 Å². The van der Waals surface area contributed by atoms with Crippen molar-refractivity contribution in [3.63, 3.8) is 0 Å². The normalized spacial score (nSPS) is 24.2. The fourth-order valence-electron chi connectivity index (χ4n) is 3.23. The van der Waals surface area contributed by atoms with E-state index >= 15 is 0 Å². The van der Waals surface area contributed by atoms with Gasteiger partial charge in [0.1, 0.15) is 18.8 Å². The van der Waals surface area contributed by atoms with Crippen molar-refractivity contribution < 1.29 is 47.6 Å². The van der Waals surface area contributed by atoms with Gasteiger partial charge in [-0.25, -0.2) is 0 Å². The molecule has 0 radical (unpaired) electrons. The van der Waals surface area contributed by atoms with Gasteiger partial charge < -0.3 is 28.4 Å². The summed E-state index contributed by atoms with van der Waals surface area (Å²) >= 11 is 0. The van der Waals surface area contributed by atoms with Crippen LogP contribution in [0.25, 0.3) is 10.4 Å². The van der Waals surface area contributed by atoms with E-state index in [0.29, 0.717) is 19.3 Å². The van der Waals surface area contributed by atoms with Crippen molar-refractivity contribution in [1.82, 2.24) is 0 Å². The molecule has 0 N–H and O–H groups in total. The fourth-order valence-corrected chi connectivity index (χ4v) is 3.23. The molecule has 13 heteroatoms. The third-order valence-corrected chi connectivity index (χ3v) is 4.64. The lowest BCUT2D eigenvalue weighted by Crippen LogP contribution is -2.61. The Kier molecular flexibility index (Phi) is 12.8. The van der Waals surface area contributed by atoms with Gasteiger partial charge in [-0.1, -0.05) is 18.0 Å². The van der Waals surface area contributed by atoms with Crippen LogP contribution in [0.15, 0.2) is 5.11 Å². The Hall–Kier alpha value is -2.89. The number of nitrogens with zero attached hydrogens (tertiary/aromatic N) is 3. The summed E-state index contributed by atoms with van der Waals surface area (Å²) in [5, 5.41) is 3.65. The number of hydrogen-bond acceptors (Lipinski definition) is 11. The lowest BCUT2D eigenvalue weighted by Gasteiger charge is -2.43. The van der Waals surface area contributed by atoms with E-state index in [2.05, 4.69) is 14.8 Å². The second kappa shape index (κ2) is 15.0. The van der Waals surface area contributed by atoms with E-state index in [-0.39, 0.29) is 19.2 Å². The van der Waals surface area contributed by atoms with Crippen LogP contribution in [0.3, 0.4) is 0 Å². The molecule has 0 aromatic carbocycles. The smallest absolute Gasteiger partial charge is 0.305 e. The highest BCUT2D eigenvalue weighted by atomic mass is 16.7. The molecule has 1 saturated heterocycles. The van der Waals surface area contributed by atoms with Gasteiger partial charge >= 0.3 is 23.9 Å². The van der Waals surface area contributed by atoms with Gasteiger partial charge in [0, 0.05) is 38.7 Å². The van der Waals surface area contributed by atoms with Gasteiger partial charge in [-0.2, -0.15) is 0 Å². The van der Waals surface area contributed by atoms with Gasteiger partial charge in [0.2, 0.25) is 0 Å². The van der Waals surface area contributed by atoms with Crippen molar-refractivity contribution >= 4 is 23.9 Å². The molecule has 0 unspecified atom stereocenters. The first kappa shape index (κ1) is 28.1. The maximum atomic E-state index is 11.7. The monoisotopic (exact) mass is 473 g/mol. The SMILES string of the molecule is COC(=O)CCCCCCO[C@H]1O[C@H](COC(C)=O)[C@@H](OC(C)=O)[C@H](OC(C)=O)[C@@H]1N=[N+]=[N-]. The summed E-state index contributed by atoms with van der Waals surface area (Å²) in [7, 11) is 1.34. The minimum Gasteiger partial charge on any atom is -0.469 e. The van der Waals surface area contributed by atoms with Gasteiger partial charge in [-0.05, 0) is 18.4 Å². The Balaban J connectivity index is 2.89. The molecule has 0 aromatic heterocycles. The maximum absolute atomic E-state index is 11.7. The molecule has 0 aromatic rings. The fraction of sp³-hybridized carbons (Fsp3) is 0.800. The van der Waals surface area contributed by atoms with E-state index in [0.717, 1.165) is 26.7 Å². The van der Waals surface area contributed by atoms with Crippen molar-refractivity contribution in [2.45, 2.75) is 83.5 Å². The highest BCUT2D eigenvalue weighted by molar-refractivity contribution is 5.69. The highest BCUT2D eigenvalue weighted by Gasteiger charge is 2.50. The van der Waals surface area contributed by atoms with E-state index < -0.39 is 48.6 Å². The average Bonchev–Trinajstić information content (AvgIpc) is 2.74. The van der Waals surface area contributed by atoms with E-state index in [1.807, 2.05) is 0 Å². The molecule has 186 valence electrons. The summed E-state index contributed by atoms with van der Waals surface area (Å²) in [5.41, 5.74) is 9.02. The van der Waals surface area contributed by atoms with E-state index in [1.54, 1.807) is 0 Å². The number of ether oxygens (including phenoxy) is 6. The van der Waals surface area contributed by atoms with Gasteiger partial charge in [-0.3, -0.25) is 19.2 Å². The lowest BCUT2D eigenvalue weighted by molar-refractivity contribution is -0.273. The third-order valence-electron chi connectivity index (χ3n) is 4.64. The summed E-state index contributed by atoms with van der Waals surface area (Å²) in [5.74, 6) is -2.25. The number of esters is 4. The molecule has 1 rings (SSSR count). The summed E-state index contributed by atoms with van der Waals surface area (Å²) in [4.78, 5) is 48.5. The van der Waals surface area contributed by atoms with Crippen molar-refractivity contribution in [2.75, 3.05) is 20.3 Å². The van der Waals surface area contributed by atoms with Gasteiger partial charge in [0.05, 0.1) is 7.11 Å². The van der Waals surface area contributed by atoms with Gasteiger partial charge in [-0.15, -0.1) is 0 Å². The Labute approximate surface area is 191 Å². The zero-order valence-corrected chi connectivity index (χ0v) is 19.3. The Morgan fingerprint density at radius 1 is 0.939 bits per heavy atom. The predicted molar refractivity (Wildman–Crippen MR) is 110 cm³/mol. The van der Waals surface area contributed by atoms with Crippen molar-refractivity contribution in [1.29, 1.82) is 0 Å². The van der Waals surface area contributed by atoms with Gasteiger partial charge in [0.15, 0.2) is 18.5 Å². The Morgan fingerprint density at radius 2 is 1.58 bits per heavy atom. The molecule has 0 aliphatic carbocycles. The van der Waals surface area contributed by atoms with Crippen LogP contribution in [-0.2, 0) is 47.6 Å². The van der Waals surface area contributed by atoms with Crippen molar-refractivity contribution in [2.24, 2.45) is 5.11 Å². The minimum absolute atomic E-state index is 0.214. The van der Waals surface area contributed by atoms with Crippen LogP contribution in [0.1, 0.15) is 52.9 Å². The zero-order chi connectivity index (χ0) is 24.8. The van der Waals surface area contributed by atoms with Crippen LogP contribution < -0.4 is 0 Å². The first-order valence-electron chi connectivity index (χ1n) is 10.6. The molecular weight excluding hydrogens is 442 g/mol. The molecule has 1 heterocycles. The number of carbonyl (C=O) groups is 4. The second-order valence-corrected chi connectivity index (χ2v) is 7.30. The summed E-state index contributed by atoms with van der Waals surface area (Å²) in [6, 6.07) is -1.16. The van der Waals surface area contributed by atoms with Crippen molar-refractivity contribution in [3.05, 3.63) is 10.4 Å². The van der Waals surface area contributed by atoms with Crippen LogP contribution in [-0.4, -0.2) is 74.8 Å². The number of azide groups is 1. The number of hydrogen-bond donors (Lipinski definition) is 0. The molecule has 0 saturated carbocycles. The molecule has 0 spiro atoms. The van der Waals surface area contributed by atoms with Crippen LogP contribution in [0.4, 0.5) is 0 Å². The molecule has 1 aliphatic rings. The number of unbranched alkanes of at least 4 members (excludes halogenated alkanes) is 3. The minimum atomic E-state index is -1.22. The zero-order valence-electron chi connectivity index (χ0n) is 19.3. The first-order chi connectivity index (χ1) is 15.7. The van der Waals surface area contributed by atoms with E-state index in [9.17, 15) is 19.2 Å². The van der Waals surface area contributed by atoms with Gasteiger partial charge in [0.25, 0.3) is 0 Å². The maximum Gasteiger partial charge on any atom is 0.305 e. The van der Waals surface area contributed by atoms with Crippen LogP contribution in [0, 0.1) is 0 Å². The third kappa shape index (κ3) is 10.5. The molecule has 13 nitrogen and oxygen atoms in total. The lowest BCUT2D eigenvalue weighted by atomic mass is 9.97. The van der Waals surface area contributed by atoms with E-state index in [4.69, 9.17) is 29.2 Å². The topological polar surface area (TPSA) is 172 Å². The molecule has 33 heavy (non-hydrogen) atoms.